The highest BCUT2D eigenvalue weighted by molar-refractivity contribution is 6.05. The first-order chi connectivity index (χ1) is 17.3. The third-order valence-corrected chi connectivity index (χ3v) is 5.42. The number of anilines is 1. The van der Waals surface area contributed by atoms with Gasteiger partial charge in [0.25, 0.3) is 11.8 Å². The number of amides is 2. The van der Waals surface area contributed by atoms with Crippen LogP contribution in [0.2, 0.25) is 0 Å². The number of aryl methyl sites for hydroxylation is 2. The molecule has 9 heteroatoms. The molecule has 0 atom stereocenters. The van der Waals surface area contributed by atoms with E-state index in [4.69, 9.17) is 9.15 Å². The molecule has 36 heavy (non-hydrogen) atoms. The molecule has 0 saturated heterocycles. The highest BCUT2D eigenvalue weighted by atomic mass is 16.5. The lowest BCUT2D eigenvalue weighted by molar-refractivity contribution is 0.0488. The van der Waals surface area contributed by atoms with Gasteiger partial charge < -0.3 is 19.8 Å². The molecule has 0 bridgehead atoms. The van der Waals surface area contributed by atoms with Crippen LogP contribution in [0.5, 0.6) is 0 Å². The second-order valence-electron chi connectivity index (χ2n) is 8.16. The van der Waals surface area contributed by atoms with Crippen molar-refractivity contribution in [3.8, 4) is 5.69 Å². The second kappa shape index (κ2) is 10.7. The summed E-state index contributed by atoms with van der Waals surface area (Å²) in [4.78, 5) is 36.8. The van der Waals surface area contributed by atoms with Gasteiger partial charge in [-0.2, -0.15) is 5.10 Å². The van der Waals surface area contributed by atoms with Crippen molar-refractivity contribution in [3.05, 3.63) is 101 Å². The highest BCUT2D eigenvalue weighted by Gasteiger charge is 2.14. The van der Waals surface area contributed by atoms with Gasteiger partial charge in [0.05, 0.1) is 36.9 Å². The van der Waals surface area contributed by atoms with Gasteiger partial charge in [-0.15, -0.1) is 0 Å². The van der Waals surface area contributed by atoms with Gasteiger partial charge >= 0.3 is 5.97 Å². The minimum Gasteiger partial charge on any atom is -0.460 e. The summed E-state index contributed by atoms with van der Waals surface area (Å²) in [5.41, 5.74) is 4.34. The van der Waals surface area contributed by atoms with Crippen molar-refractivity contribution in [3.63, 3.8) is 0 Å². The highest BCUT2D eigenvalue weighted by Crippen LogP contribution is 2.16. The third-order valence-electron chi connectivity index (χ3n) is 5.42. The molecule has 4 rings (SSSR count). The number of aromatic nitrogens is 2. The van der Waals surface area contributed by atoms with Gasteiger partial charge in [0, 0.05) is 11.1 Å². The molecule has 184 valence electrons. The van der Waals surface area contributed by atoms with Crippen LogP contribution < -0.4 is 10.6 Å². The summed E-state index contributed by atoms with van der Waals surface area (Å²) in [5.74, 6) is -0.510. The van der Waals surface area contributed by atoms with Gasteiger partial charge in [0.2, 0.25) is 5.76 Å². The Balaban J connectivity index is 1.35. The van der Waals surface area contributed by atoms with E-state index in [0.717, 1.165) is 16.8 Å². The molecule has 0 radical (unpaired) electrons. The number of hydrogen-bond acceptors (Lipinski definition) is 6. The first kappa shape index (κ1) is 24.5. The Labute approximate surface area is 208 Å². The van der Waals surface area contributed by atoms with E-state index in [1.807, 2.05) is 26.0 Å². The van der Waals surface area contributed by atoms with Gasteiger partial charge in [0.15, 0.2) is 0 Å². The van der Waals surface area contributed by atoms with Crippen LogP contribution in [-0.2, 0) is 11.3 Å². The Morgan fingerprint density at radius 1 is 1.00 bits per heavy atom. The second-order valence-corrected chi connectivity index (χ2v) is 8.16. The average Bonchev–Trinajstić information content (AvgIpc) is 3.53. The molecule has 4 aromatic rings. The van der Waals surface area contributed by atoms with Crippen LogP contribution in [0.1, 0.15) is 55.1 Å². The Kier molecular flexibility index (Phi) is 7.29. The lowest BCUT2D eigenvalue weighted by Gasteiger charge is -2.07. The summed E-state index contributed by atoms with van der Waals surface area (Å²) >= 11 is 0. The Hall–Kier alpha value is -4.66. The molecule has 0 aliphatic rings. The van der Waals surface area contributed by atoms with Crippen LogP contribution in [0.25, 0.3) is 5.69 Å². The quantitative estimate of drug-likeness (QED) is 0.356. The van der Waals surface area contributed by atoms with E-state index in [0.29, 0.717) is 22.6 Å². The maximum Gasteiger partial charge on any atom is 0.374 e. The van der Waals surface area contributed by atoms with E-state index in [1.54, 1.807) is 60.4 Å². The predicted octanol–water partition coefficient (Wildman–Crippen LogP) is 4.44. The molecule has 9 nitrogen and oxygen atoms in total. The van der Waals surface area contributed by atoms with Crippen LogP contribution in [0.15, 0.2) is 71.4 Å². The molecule has 2 aromatic heterocycles. The molecule has 0 aliphatic carbocycles. The predicted molar refractivity (Wildman–Crippen MR) is 133 cm³/mol. The fourth-order valence-electron chi connectivity index (χ4n) is 3.62. The molecule has 2 heterocycles. The topological polar surface area (TPSA) is 115 Å². The Morgan fingerprint density at radius 2 is 1.78 bits per heavy atom. The Bertz CT molecular complexity index is 1400. The van der Waals surface area contributed by atoms with E-state index in [2.05, 4.69) is 15.7 Å². The normalized spacial score (nSPS) is 10.6. The lowest BCUT2D eigenvalue weighted by atomic mass is 10.1. The average molecular weight is 487 g/mol. The van der Waals surface area contributed by atoms with Crippen molar-refractivity contribution in [1.82, 2.24) is 15.1 Å². The van der Waals surface area contributed by atoms with Crippen LogP contribution in [0.3, 0.4) is 0 Å². The zero-order chi connectivity index (χ0) is 25.7. The zero-order valence-electron chi connectivity index (χ0n) is 20.2. The number of carbonyl (C=O) groups is 3. The lowest BCUT2D eigenvalue weighted by Crippen LogP contribution is -2.22. The summed E-state index contributed by atoms with van der Waals surface area (Å²) < 4.78 is 11.9. The summed E-state index contributed by atoms with van der Waals surface area (Å²) in [6, 6.07) is 15.6. The third kappa shape index (κ3) is 5.69. The fourth-order valence-corrected chi connectivity index (χ4v) is 3.62. The van der Waals surface area contributed by atoms with Gasteiger partial charge in [-0.1, -0.05) is 17.7 Å². The molecule has 0 spiro atoms. The summed E-state index contributed by atoms with van der Waals surface area (Å²) in [7, 11) is 0. The van der Waals surface area contributed by atoms with Gasteiger partial charge in [-0.3, -0.25) is 9.59 Å². The van der Waals surface area contributed by atoms with E-state index in [1.165, 1.54) is 6.07 Å². The van der Waals surface area contributed by atoms with Gasteiger partial charge in [0.1, 0.15) is 5.76 Å². The molecule has 0 aliphatic heterocycles. The number of rotatable bonds is 8. The van der Waals surface area contributed by atoms with Crippen LogP contribution in [0.4, 0.5) is 5.69 Å². The molecule has 0 unspecified atom stereocenters. The van der Waals surface area contributed by atoms with E-state index in [-0.39, 0.29) is 30.7 Å². The maximum atomic E-state index is 12.6. The number of hydrogen-bond donors (Lipinski definition) is 2. The van der Waals surface area contributed by atoms with Crippen LogP contribution in [-0.4, -0.2) is 34.2 Å². The Morgan fingerprint density at radius 3 is 2.50 bits per heavy atom. The number of benzene rings is 2. The maximum absolute atomic E-state index is 12.6. The van der Waals surface area contributed by atoms with Crippen molar-refractivity contribution >= 4 is 23.5 Å². The van der Waals surface area contributed by atoms with Crippen molar-refractivity contribution in [2.75, 3.05) is 11.9 Å². The molecule has 2 aromatic carbocycles. The van der Waals surface area contributed by atoms with Crippen molar-refractivity contribution in [2.45, 2.75) is 27.3 Å². The summed E-state index contributed by atoms with van der Waals surface area (Å²) in [6.45, 7) is 5.98. The molecule has 2 amide bonds. The summed E-state index contributed by atoms with van der Waals surface area (Å²) in [5, 5.41) is 9.92. The van der Waals surface area contributed by atoms with Crippen molar-refractivity contribution in [2.24, 2.45) is 0 Å². The minimum atomic E-state index is -0.544. The SMILES string of the molecule is CCOC(=O)c1ccc(CNC(=O)c2ccc(-n3cc(NC(=O)c4ccc(C)cc4C)cn3)cc2)o1. The van der Waals surface area contributed by atoms with Gasteiger partial charge in [-0.25, -0.2) is 9.48 Å². The largest absolute Gasteiger partial charge is 0.460 e. The van der Waals surface area contributed by atoms with E-state index in [9.17, 15) is 14.4 Å². The van der Waals surface area contributed by atoms with E-state index >= 15 is 0 Å². The van der Waals surface area contributed by atoms with Crippen molar-refractivity contribution in [1.29, 1.82) is 0 Å². The van der Waals surface area contributed by atoms with E-state index < -0.39 is 5.97 Å². The molecule has 0 saturated carbocycles. The number of ether oxygens (including phenoxy) is 1. The van der Waals surface area contributed by atoms with Crippen LogP contribution in [0, 0.1) is 13.8 Å². The smallest absolute Gasteiger partial charge is 0.374 e. The number of esters is 1. The first-order valence-electron chi connectivity index (χ1n) is 11.4. The van der Waals surface area contributed by atoms with Crippen molar-refractivity contribution < 1.29 is 23.5 Å². The standard InChI is InChI=1S/C27H26N4O5/c1-4-35-27(34)24-12-10-22(36-24)15-28-25(32)19-6-8-21(9-7-19)31-16-20(14-29-31)30-26(33)23-11-5-17(2)13-18(23)3/h5-14,16H,4,15H2,1-3H3,(H,28,32)(H,30,33). The number of nitrogens with zero attached hydrogens (tertiary/aromatic N) is 2. The number of carbonyl (C=O) groups excluding carboxylic acids is 3. The first-order valence-corrected chi connectivity index (χ1v) is 11.4. The monoisotopic (exact) mass is 486 g/mol. The molecular formula is C27H26N4O5. The summed E-state index contributed by atoms with van der Waals surface area (Å²) in [6.07, 6.45) is 3.27. The fraction of sp³-hybridized carbons (Fsp3) is 0.185. The van der Waals surface area contributed by atoms with Crippen LogP contribution >= 0.6 is 0 Å². The minimum absolute atomic E-state index is 0.0919. The molecular weight excluding hydrogens is 460 g/mol. The zero-order valence-corrected chi connectivity index (χ0v) is 20.2. The number of furan rings is 1. The number of nitrogens with one attached hydrogen (secondary N) is 2. The molecule has 0 fully saturated rings. The van der Waals surface area contributed by atoms with Gasteiger partial charge in [-0.05, 0) is 68.8 Å². The molecule has 2 N–H and O–H groups in total.